The fourth-order valence-corrected chi connectivity index (χ4v) is 3.41. The number of alkyl halides is 1. The number of carbonyl (C=O) groups excluding carboxylic acids is 1. The van der Waals surface area contributed by atoms with E-state index in [0.29, 0.717) is 16.5 Å². The minimum Gasteiger partial charge on any atom is -0.345 e. The van der Waals surface area contributed by atoms with Crippen molar-refractivity contribution in [3.8, 4) is 0 Å². The first kappa shape index (κ1) is 14.4. The Morgan fingerprint density at radius 1 is 1.39 bits per heavy atom. The van der Waals surface area contributed by atoms with Crippen LogP contribution in [0.5, 0.6) is 0 Å². The van der Waals surface area contributed by atoms with Gasteiger partial charge in [0.2, 0.25) is 0 Å². The Hall–Kier alpha value is -0.000000000000000111. The standard InChI is InChI=1S/C13H14Cl2INO/c14-8-13(5-1-2-6-13)17-12(18)10-7-9(15)3-4-11(10)16/h3-4,7H,1-2,5-6,8H2,(H,17,18). The average Bonchev–Trinajstić information content (AvgIpc) is 2.81. The van der Waals surface area contributed by atoms with Crippen molar-refractivity contribution in [3.63, 3.8) is 0 Å². The van der Waals surface area contributed by atoms with Gasteiger partial charge in [0.1, 0.15) is 0 Å². The monoisotopic (exact) mass is 397 g/mol. The minimum absolute atomic E-state index is 0.0792. The third-order valence-electron chi connectivity index (χ3n) is 3.37. The number of halogens is 3. The average molecular weight is 398 g/mol. The summed E-state index contributed by atoms with van der Waals surface area (Å²) in [7, 11) is 0. The smallest absolute Gasteiger partial charge is 0.252 e. The second-order valence-electron chi connectivity index (χ2n) is 4.70. The zero-order valence-corrected chi connectivity index (χ0v) is 13.5. The highest BCUT2D eigenvalue weighted by molar-refractivity contribution is 14.1. The van der Waals surface area contributed by atoms with Crippen LogP contribution in [0.2, 0.25) is 5.02 Å². The number of amides is 1. The largest absolute Gasteiger partial charge is 0.345 e. The van der Waals surface area contributed by atoms with Crippen molar-refractivity contribution >= 4 is 51.7 Å². The minimum atomic E-state index is -0.232. The first-order valence-corrected chi connectivity index (χ1v) is 7.89. The van der Waals surface area contributed by atoms with E-state index in [2.05, 4.69) is 27.9 Å². The highest BCUT2D eigenvalue weighted by atomic mass is 127. The second-order valence-corrected chi connectivity index (χ2v) is 6.57. The lowest BCUT2D eigenvalue weighted by Crippen LogP contribution is -2.48. The molecule has 1 N–H and O–H groups in total. The van der Waals surface area contributed by atoms with Crippen molar-refractivity contribution in [1.29, 1.82) is 0 Å². The van der Waals surface area contributed by atoms with Gasteiger partial charge in [0.25, 0.3) is 5.91 Å². The van der Waals surface area contributed by atoms with Gasteiger partial charge in [-0.1, -0.05) is 24.4 Å². The Labute approximate surface area is 131 Å². The van der Waals surface area contributed by atoms with Crippen molar-refractivity contribution < 1.29 is 4.79 Å². The van der Waals surface area contributed by atoms with E-state index in [4.69, 9.17) is 23.2 Å². The summed E-state index contributed by atoms with van der Waals surface area (Å²) in [6.45, 7) is 0. The van der Waals surface area contributed by atoms with Gasteiger partial charge in [-0.2, -0.15) is 0 Å². The van der Waals surface area contributed by atoms with Crippen LogP contribution in [0.25, 0.3) is 0 Å². The normalized spacial score (nSPS) is 17.7. The molecule has 1 aliphatic rings. The lowest BCUT2D eigenvalue weighted by Gasteiger charge is -2.28. The molecule has 1 aliphatic carbocycles. The molecule has 1 aromatic carbocycles. The molecular weight excluding hydrogens is 384 g/mol. The van der Waals surface area contributed by atoms with Crippen LogP contribution in [0.15, 0.2) is 18.2 Å². The molecule has 98 valence electrons. The molecule has 0 aliphatic heterocycles. The van der Waals surface area contributed by atoms with Crippen molar-refractivity contribution in [2.45, 2.75) is 31.2 Å². The zero-order chi connectivity index (χ0) is 13.2. The fraction of sp³-hybridized carbons (Fsp3) is 0.462. The van der Waals surface area contributed by atoms with E-state index in [9.17, 15) is 4.79 Å². The van der Waals surface area contributed by atoms with Gasteiger partial charge >= 0.3 is 0 Å². The molecule has 0 heterocycles. The molecule has 18 heavy (non-hydrogen) atoms. The van der Waals surface area contributed by atoms with Gasteiger partial charge in [-0.25, -0.2) is 0 Å². The van der Waals surface area contributed by atoms with E-state index in [1.807, 2.05) is 6.07 Å². The molecular formula is C13H14Cl2INO. The quantitative estimate of drug-likeness (QED) is 0.600. The number of hydrogen-bond donors (Lipinski definition) is 1. The van der Waals surface area contributed by atoms with E-state index in [1.165, 1.54) is 0 Å². The van der Waals surface area contributed by atoms with Crippen LogP contribution >= 0.6 is 45.8 Å². The number of benzene rings is 1. The number of rotatable bonds is 3. The maximum absolute atomic E-state index is 12.3. The first-order valence-electron chi connectivity index (χ1n) is 5.90. The lowest BCUT2D eigenvalue weighted by atomic mass is 9.99. The van der Waals surface area contributed by atoms with Gasteiger partial charge in [0.05, 0.1) is 11.1 Å². The molecule has 0 radical (unpaired) electrons. The Balaban J connectivity index is 2.18. The van der Waals surface area contributed by atoms with Crippen molar-refractivity contribution in [2.75, 3.05) is 5.88 Å². The molecule has 0 aromatic heterocycles. The van der Waals surface area contributed by atoms with Gasteiger partial charge in [-0.3, -0.25) is 4.79 Å². The molecule has 0 spiro atoms. The Morgan fingerprint density at radius 3 is 2.67 bits per heavy atom. The Kier molecular flexibility index (Phi) is 4.78. The predicted octanol–water partition coefficient (Wildman–Crippen LogP) is 4.23. The summed E-state index contributed by atoms with van der Waals surface area (Å²) in [4.78, 5) is 12.3. The number of carbonyl (C=O) groups is 1. The first-order chi connectivity index (χ1) is 8.56. The van der Waals surface area contributed by atoms with Gasteiger partial charge in [-0.15, -0.1) is 11.6 Å². The zero-order valence-electron chi connectivity index (χ0n) is 9.81. The Bertz CT molecular complexity index is 458. The van der Waals surface area contributed by atoms with Gasteiger partial charge in [0.15, 0.2) is 0 Å². The SMILES string of the molecule is O=C(NC1(CCl)CCCC1)c1cc(Cl)ccc1I. The van der Waals surface area contributed by atoms with Crippen molar-refractivity contribution in [2.24, 2.45) is 0 Å². The highest BCUT2D eigenvalue weighted by Crippen LogP contribution is 2.31. The summed E-state index contributed by atoms with van der Waals surface area (Å²) >= 11 is 14.1. The van der Waals surface area contributed by atoms with Gasteiger partial charge < -0.3 is 5.32 Å². The molecule has 0 unspecified atom stereocenters. The van der Waals surface area contributed by atoms with Gasteiger partial charge in [0, 0.05) is 14.5 Å². The van der Waals surface area contributed by atoms with Crippen LogP contribution in [0, 0.1) is 3.57 Å². The topological polar surface area (TPSA) is 29.1 Å². The van der Waals surface area contributed by atoms with Crippen molar-refractivity contribution in [1.82, 2.24) is 5.32 Å². The van der Waals surface area contributed by atoms with Crippen molar-refractivity contribution in [3.05, 3.63) is 32.4 Å². The lowest BCUT2D eigenvalue weighted by molar-refractivity contribution is 0.0908. The predicted molar refractivity (Wildman–Crippen MR) is 83.6 cm³/mol. The fourth-order valence-electron chi connectivity index (χ4n) is 2.32. The summed E-state index contributed by atoms with van der Waals surface area (Å²) < 4.78 is 0.900. The summed E-state index contributed by atoms with van der Waals surface area (Å²) in [5.74, 6) is 0.389. The molecule has 2 rings (SSSR count). The molecule has 1 saturated carbocycles. The number of hydrogen-bond acceptors (Lipinski definition) is 1. The summed E-state index contributed by atoms with van der Waals surface area (Å²) in [5, 5.41) is 3.67. The van der Waals surface area contributed by atoms with Crippen LogP contribution in [0.3, 0.4) is 0 Å². The molecule has 1 fully saturated rings. The maximum Gasteiger partial charge on any atom is 0.252 e. The maximum atomic E-state index is 12.3. The van der Waals surface area contributed by atoms with E-state index < -0.39 is 0 Å². The highest BCUT2D eigenvalue weighted by Gasteiger charge is 2.34. The molecule has 1 amide bonds. The number of nitrogens with one attached hydrogen (secondary N) is 1. The molecule has 0 saturated heterocycles. The molecule has 0 atom stereocenters. The van der Waals surface area contributed by atoms with E-state index in [-0.39, 0.29) is 11.4 Å². The summed E-state index contributed by atoms with van der Waals surface area (Å²) in [5.41, 5.74) is 0.392. The third kappa shape index (κ3) is 3.11. The molecule has 0 bridgehead atoms. The Morgan fingerprint density at radius 2 is 2.06 bits per heavy atom. The summed E-state index contributed by atoms with van der Waals surface area (Å²) in [6.07, 6.45) is 4.16. The van der Waals surface area contributed by atoms with E-state index in [0.717, 1.165) is 29.3 Å². The third-order valence-corrected chi connectivity index (χ3v) is 5.06. The van der Waals surface area contributed by atoms with E-state index >= 15 is 0 Å². The van der Waals surface area contributed by atoms with Gasteiger partial charge in [-0.05, 0) is 53.6 Å². The second kappa shape index (κ2) is 5.97. The van der Waals surface area contributed by atoms with Crippen LogP contribution in [0.4, 0.5) is 0 Å². The molecule has 5 heteroatoms. The molecule has 1 aromatic rings. The van der Waals surface area contributed by atoms with Crippen LogP contribution in [0.1, 0.15) is 36.0 Å². The molecule has 2 nitrogen and oxygen atoms in total. The van der Waals surface area contributed by atoms with Crippen LogP contribution in [-0.2, 0) is 0 Å². The van der Waals surface area contributed by atoms with E-state index in [1.54, 1.807) is 12.1 Å². The van der Waals surface area contributed by atoms with Crippen LogP contribution < -0.4 is 5.32 Å². The van der Waals surface area contributed by atoms with Crippen LogP contribution in [-0.4, -0.2) is 17.3 Å². The summed E-state index contributed by atoms with van der Waals surface area (Å²) in [6, 6.07) is 5.34.